The lowest BCUT2D eigenvalue weighted by atomic mass is 10.1. The summed E-state index contributed by atoms with van der Waals surface area (Å²) >= 11 is 0. The van der Waals surface area contributed by atoms with E-state index in [4.69, 9.17) is 10.2 Å². The quantitative estimate of drug-likeness (QED) is 0.697. The minimum atomic E-state index is -0.740. The van der Waals surface area contributed by atoms with Gasteiger partial charge in [0.25, 0.3) is 0 Å². The van der Waals surface area contributed by atoms with Gasteiger partial charge in [0.05, 0.1) is 13.2 Å². The smallest absolute Gasteiger partial charge is 0.102 e. The molecule has 0 aliphatic rings. The molecule has 0 fully saturated rings. The Morgan fingerprint density at radius 1 is 0.636 bits per heavy atom. The highest BCUT2D eigenvalue weighted by Crippen LogP contribution is 2.12. The Kier molecular flexibility index (Phi) is 7.77. The van der Waals surface area contributed by atoms with Crippen molar-refractivity contribution in [3.63, 3.8) is 0 Å². The van der Waals surface area contributed by atoms with Crippen LogP contribution in [0.15, 0.2) is 48.5 Å². The van der Waals surface area contributed by atoms with Gasteiger partial charge in [0, 0.05) is 0 Å². The van der Waals surface area contributed by atoms with Crippen LogP contribution in [0.25, 0.3) is 0 Å². The largest absolute Gasteiger partial charge is 0.393 e. The average Bonchev–Trinajstić information content (AvgIpc) is 2.55. The molecule has 4 N–H and O–H groups in total. The van der Waals surface area contributed by atoms with Crippen LogP contribution >= 0.6 is 0 Å². The lowest BCUT2D eigenvalue weighted by Gasteiger charge is -2.06. The SMILES string of the molecule is Cc1ccc(C(O)CO)cc1.Cc1ccc(C(O)CO)cc1. The first-order valence-corrected chi connectivity index (χ1v) is 7.19. The van der Waals surface area contributed by atoms with Crippen molar-refractivity contribution >= 4 is 0 Å². The maximum Gasteiger partial charge on any atom is 0.102 e. The molecular formula is C18H24O4. The molecule has 0 saturated carbocycles. The molecule has 2 aromatic carbocycles. The first-order valence-electron chi connectivity index (χ1n) is 7.19. The number of hydrogen-bond acceptors (Lipinski definition) is 4. The molecule has 0 bridgehead atoms. The number of rotatable bonds is 4. The minimum Gasteiger partial charge on any atom is -0.393 e. The molecule has 0 saturated heterocycles. The van der Waals surface area contributed by atoms with Crippen LogP contribution in [0.5, 0.6) is 0 Å². The first-order chi connectivity index (χ1) is 10.5. The van der Waals surface area contributed by atoms with Crippen molar-refractivity contribution in [2.75, 3.05) is 13.2 Å². The Bertz CT molecular complexity index is 483. The second-order valence-electron chi connectivity index (χ2n) is 5.22. The van der Waals surface area contributed by atoms with E-state index >= 15 is 0 Å². The maximum absolute atomic E-state index is 9.17. The van der Waals surface area contributed by atoms with E-state index in [0.29, 0.717) is 0 Å². The van der Waals surface area contributed by atoms with Gasteiger partial charge in [0.15, 0.2) is 0 Å². The van der Waals surface area contributed by atoms with Crippen molar-refractivity contribution < 1.29 is 20.4 Å². The fourth-order valence-electron chi connectivity index (χ4n) is 1.79. The molecule has 0 aliphatic heterocycles. The van der Waals surface area contributed by atoms with E-state index in [0.717, 1.165) is 22.3 Å². The predicted molar refractivity (Wildman–Crippen MR) is 86.4 cm³/mol. The van der Waals surface area contributed by atoms with Crippen molar-refractivity contribution in [3.05, 3.63) is 70.8 Å². The third-order valence-electron chi connectivity index (χ3n) is 3.27. The highest BCUT2D eigenvalue weighted by molar-refractivity contribution is 5.23. The molecule has 0 aliphatic carbocycles. The van der Waals surface area contributed by atoms with Crippen molar-refractivity contribution in [1.82, 2.24) is 0 Å². The van der Waals surface area contributed by atoms with Crippen molar-refractivity contribution in [2.45, 2.75) is 26.1 Å². The molecule has 0 amide bonds. The Morgan fingerprint density at radius 2 is 0.909 bits per heavy atom. The zero-order valence-corrected chi connectivity index (χ0v) is 13.0. The third-order valence-corrected chi connectivity index (χ3v) is 3.27. The summed E-state index contributed by atoms with van der Waals surface area (Å²) in [5, 5.41) is 35.6. The van der Waals surface area contributed by atoms with Crippen molar-refractivity contribution in [2.24, 2.45) is 0 Å². The Labute approximate surface area is 131 Å². The highest BCUT2D eigenvalue weighted by Gasteiger charge is 2.04. The number of aliphatic hydroxyl groups excluding tert-OH is 4. The van der Waals surface area contributed by atoms with Gasteiger partial charge >= 0.3 is 0 Å². The number of hydrogen-bond donors (Lipinski definition) is 4. The summed E-state index contributed by atoms with van der Waals surface area (Å²) in [5.41, 5.74) is 3.83. The molecule has 2 rings (SSSR count). The predicted octanol–water partition coefficient (Wildman–Crippen LogP) is 2.04. The number of aryl methyl sites for hydroxylation is 2. The number of aliphatic hydroxyl groups is 4. The molecule has 0 heterocycles. The second-order valence-corrected chi connectivity index (χ2v) is 5.22. The molecular weight excluding hydrogens is 280 g/mol. The molecule has 4 heteroatoms. The summed E-state index contributed by atoms with van der Waals surface area (Å²) in [6.45, 7) is 3.52. The zero-order valence-electron chi connectivity index (χ0n) is 13.0. The van der Waals surface area contributed by atoms with Gasteiger partial charge < -0.3 is 20.4 Å². The monoisotopic (exact) mass is 304 g/mol. The summed E-state index contributed by atoms with van der Waals surface area (Å²) in [5.74, 6) is 0. The molecule has 120 valence electrons. The van der Waals surface area contributed by atoms with E-state index in [1.54, 1.807) is 0 Å². The number of benzene rings is 2. The molecule has 2 aromatic rings. The molecule has 0 spiro atoms. The van der Waals surface area contributed by atoms with E-state index in [1.165, 1.54) is 0 Å². The van der Waals surface area contributed by atoms with Gasteiger partial charge in [-0.1, -0.05) is 59.7 Å². The van der Waals surface area contributed by atoms with Crippen LogP contribution < -0.4 is 0 Å². The van der Waals surface area contributed by atoms with Crippen molar-refractivity contribution in [1.29, 1.82) is 0 Å². The first kappa shape index (κ1) is 18.3. The Balaban J connectivity index is 0.000000220. The summed E-state index contributed by atoms with van der Waals surface area (Å²) in [4.78, 5) is 0. The normalized spacial score (nSPS) is 13.0. The topological polar surface area (TPSA) is 80.9 Å². The summed E-state index contributed by atoms with van der Waals surface area (Å²) < 4.78 is 0. The summed E-state index contributed by atoms with van der Waals surface area (Å²) in [6.07, 6.45) is -1.48. The summed E-state index contributed by atoms with van der Waals surface area (Å²) in [6, 6.07) is 14.9. The van der Waals surface area contributed by atoms with Crippen LogP contribution in [0.4, 0.5) is 0 Å². The maximum atomic E-state index is 9.17. The second kappa shape index (κ2) is 9.33. The Hall–Kier alpha value is -1.72. The lowest BCUT2D eigenvalue weighted by Crippen LogP contribution is -2.01. The van der Waals surface area contributed by atoms with E-state index in [-0.39, 0.29) is 13.2 Å². The molecule has 22 heavy (non-hydrogen) atoms. The average molecular weight is 304 g/mol. The van der Waals surface area contributed by atoms with Crippen LogP contribution in [0.3, 0.4) is 0 Å². The van der Waals surface area contributed by atoms with Gasteiger partial charge in [-0.25, -0.2) is 0 Å². The fraction of sp³-hybridized carbons (Fsp3) is 0.333. The molecule has 4 nitrogen and oxygen atoms in total. The van der Waals surface area contributed by atoms with Crippen LogP contribution in [-0.2, 0) is 0 Å². The van der Waals surface area contributed by atoms with E-state index in [2.05, 4.69) is 0 Å². The lowest BCUT2D eigenvalue weighted by molar-refractivity contribution is 0.0956. The van der Waals surface area contributed by atoms with Gasteiger partial charge in [-0.05, 0) is 25.0 Å². The van der Waals surface area contributed by atoms with Gasteiger partial charge in [-0.15, -0.1) is 0 Å². The third kappa shape index (κ3) is 5.95. The minimum absolute atomic E-state index is 0.219. The highest BCUT2D eigenvalue weighted by atomic mass is 16.3. The van der Waals surface area contributed by atoms with Gasteiger partial charge in [0.1, 0.15) is 12.2 Å². The molecule has 2 unspecified atom stereocenters. The van der Waals surface area contributed by atoms with E-state index in [9.17, 15) is 10.2 Å². The van der Waals surface area contributed by atoms with Gasteiger partial charge in [-0.3, -0.25) is 0 Å². The summed E-state index contributed by atoms with van der Waals surface area (Å²) in [7, 11) is 0. The van der Waals surface area contributed by atoms with Crippen LogP contribution in [0.2, 0.25) is 0 Å². The zero-order chi connectivity index (χ0) is 16.5. The van der Waals surface area contributed by atoms with Gasteiger partial charge in [-0.2, -0.15) is 0 Å². The van der Waals surface area contributed by atoms with Crippen molar-refractivity contribution in [3.8, 4) is 0 Å². The van der Waals surface area contributed by atoms with Crippen LogP contribution in [0, 0.1) is 13.8 Å². The van der Waals surface area contributed by atoms with Gasteiger partial charge in [0.2, 0.25) is 0 Å². The molecule has 0 aromatic heterocycles. The van der Waals surface area contributed by atoms with E-state index < -0.39 is 12.2 Å². The Morgan fingerprint density at radius 3 is 1.14 bits per heavy atom. The standard InChI is InChI=1S/2C9H12O2/c2*1-7-2-4-8(5-3-7)9(11)6-10/h2*2-5,9-11H,6H2,1H3. The van der Waals surface area contributed by atoms with Crippen LogP contribution in [-0.4, -0.2) is 33.6 Å². The fourth-order valence-corrected chi connectivity index (χ4v) is 1.79. The molecule has 2 atom stereocenters. The van der Waals surface area contributed by atoms with E-state index in [1.807, 2.05) is 62.4 Å². The molecule has 0 radical (unpaired) electrons. The van der Waals surface area contributed by atoms with Crippen LogP contribution in [0.1, 0.15) is 34.5 Å².